The van der Waals surface area contributed by atoms with E-state index in [2.05, 4.69) is 20.6 Å². The first-order valence-corrected chi connectivity index (χ1v) is 6.35. The SMILES string of the molecule is CNc1cc(NCCOCC(N)=O)nc(C2CC2)n1. The predicted molar refractivity (Wildman–Crippen MR) is 72.1 cm³/mol. The maximum Gasteiger partial charge on any atom is 0.243 e. The second-order valence-electron chi connectivity index (χ2n) is 4.47. The normalized spacial score (nSPS) is 14.2. The molecular formula is C12H19N5O2. The number of carbonyl (C=O) groups excluding carboxylic acids is 1. The number of aromatic nitrogens is 2. The fourth-order valence-corrected chi connectivity index (χ4v) is 1.63. The van der Waals surface area contributed by atoms with E-state index in [1.807, 2.05) is 13.1 Å². The molecule has 0 unspecified atom stereocenters. The van der Waals surface area contributed by atoms with Crippen LogP contribution in [0.15, 0.2) is 6.07 Å². The molecule has 1 fully saturated rings. The first kappa shape index (κ1) is 13.5. The molecule has 0 radical (unpaired) electrons. The van der Waals surface area contributed by atoms with Gasteiger partial charge in [0.05, 0.1) is 6.61 Å². The molecule has 1 aliphatic carbocycles. The third-order valence-corrected chi connectivity index (χ3v) is 2.74. The molecule has 0 spiro atoms. The minimum Gasteiger partial charge on any atom is -0.373 e. The van der Waals surface area contributed by atoms with Crippen LogP contribution >= 0.6 is 0 Å². The largest absolute Gasteiger partial charge is 0.373 e. The highest BCUT2D eigenvalue weighted by atomic mass is 16.5. The summed E-state index contributed by atoms with van der Waals surface area (Å²) in [4.78, 5) is 19.4. The molecule has 1 aromatic rings. The maximum atomic E-state index is 10.5. The van der Waals surface area contributed by atoms with E-state index in [1.165, 1.54) is 0 Å². The van der Waals surface area contributed by atoms with Crippen LogP contribution in [0.25, 0.3) is 0 Å². The Morgan fingerprint density at radius 2 is 2.21 bits per heavy atom. The van der Waals surface area contributed by atoms with Crippen molar-refractivity contribution in [1.29, 1.82) is 0 Å². The fourth-order valence-electron chi connectivity index (χ4n) is 1.63. The average Bonchev–Trinajstić information content (AvgIpc) is 3.22. The molecule has 1 amide bonds. The smallest absolute Gasteiger partial charge is 0.243 e. The molecule has 0 atom stereocenters. The predicted octanol–water partition coefficient (Wildman–Crippen LogP) is 0.309. The number of carbonyl (C=O) groups is 1. The highest BCUT2D eigenvalue weighted by Gasteiger charge is 2.27. The van der Waals surface area contributed by atoms with Crippen LogP contribution in [0, 0.1) is 0 Å². The molecule has 1 saturated carbocycles. The van der Waals surface area contributed by atoms with Crippen molar-refractivity contribution in [3.05, 3.63) is 11.9 Å². The third-order valence-electron chi connectivity index (χ3n) is 2.74. The summed E-state index contributed by atoms with van der Waals surface area (Å²) in [6, 6.07) is 1.85. The van der Waals surface area contributed by atoms with Crippen molar-refractivity contribution in [3.63, 3.8) is 0 Å². The maximum absolute atomic E-state index is 10.5. The van der Waals surface area contributed by atoms with Gasteiger partial charge in [-0.1, -0.05) is 0 Å². The van der Waals surface area contributed by atoms with Crippen LogP contribution in [0.4, 0.5) is 11.6 Å². The molecule has 4 N–H and O–H groups in total. The summed E-state index contributed by atoms with van der Waals surface area (Å²) >= 11 is 0. The van der Waals surface area contributed by atoms with Crippen LogP contribution in [-0.4, -0.2) is 42.7 Å². The van der Waals surface area contributed by atoms with Gasteiger partial charge < -0.3 is 21.1 Å². The lowest BCUT2D eigenvalue weighted by Gasteiger charge is -2.09. The number of ether oxygens (including phenoxy) is 1. The standard InChI is InChI=1S/C12H19N5O2/c1-14-10-6-11(15-4-5-19-7-9(13)18)17-12(16-10)8-2-3-8/h6,8H,2-5,7H2,1H3,(H2,13,18)(H2,14,15,16,17). The van der Waals surface area contributed by atoms with Gasteiger partial charge in [-0.25, -0.2) is 9.97 Å². The summed E-state index contributed by atoms with van der Waals surface area (Å²) in [5.41, 5.74) is 4.97. The number of amides is 1. The fraction of sp³-hybridized carbons (Fsp3) is 0.583. The molecule has 0 bridgehead atoms. The summed E-state index contributed by atoms with van der Waals surface area (Å²) in [5.74, 6) is 2.49. The van der Waals surface area contributed by atoms with Crippen molar-refractivity contribution in [2.24, 2.45) is 5.73 Å². The molecule has 1 aromatic heterocycles. The van der Waals surface area contributed by atoms with Crippen LogP contribution in [0.3, 0.4) is 0 Å². The molecular weight excluding hydrogens is 246 g/mol. The van der Waals surface area contributed by atoms with E-state index in [-0.39, 0.29) is 6.61 Å². The Hall–Kier alpha value is -1.89. The number of rotatable bonds is 8. The van der Waals surface area contributed by atoms with Gasteiger partial charge in [-0.3, -0.25) is 4.79 Å². The van der Waals surface area contributed by atoms with Crippen LogP contribution in [-0.2, 0) is 9.53 Å². The van der Waals surface area contributed by atoms with Crippen molar-refractivity contribution in [2.45, 2.75) is 18.8 Å². The minimum atomic E-state index is -0.462. The second-order valence-corrected chi connectivity index (χ2v) is 4.47. The summed E-state index contributed by atoms with van der Waals surface area (Å²) in [6.07, 6.45) is 2.32. The van der Waals surface area contributed by atoms with Crippen LogP contribution in [0.2, 0.25) is 0 Å². The number of hydrogen-bond acceptors (Lipinski definition) is 6. The Bertz CT molecular complexity index is 448. The van der Waals surface area contributed by atoms with Gasteiger partial charge in [0.1, 0.15) is 24.1 Å². The van der Waals surface area contributed by atoms with E-state index in [0.717, 1.165) is 30.3 Å². The van der Waals surface area contributed by atoms with Gasteiger partial charge in [-0.05, 0) is 12.8 Å². The minimum absolute atomic E-state index is 0.0550. The van der Waals surface area contributed by atoms with Crippen LogP contribution in [0.1, 0.15) is 24.6 Å². The van der Waals surface area contributed by atoms with Crippen molar-refractivity contribution in [2.75, 3.05) is 37.4 Å². The Balaban J connectivity index is 1.85. The lowest BCUT2D eigenvalue weighted by molar-refractivity contribution is -0.122. The monoisotopic (exact) mass is 265 g/mol. The summed E-state index contributed by atoms with van der Waals surface area (Å²) < 4.78 is 5.07. The molecule has 1 heterocycles. The molecule has 0 saturated heterocycles. The Morgan fingerprint density at radius 3 is 2.84 bits per heavy atom. The summed E-state index contributed by atoms with van der Waals surface area (Å²) in [6.45, 7) is 0.915. The zero-order valence-electron chi connectivity index (χ0n) is 11.0. The highest BCUT2D eigenvalue weighted by Crippen LogP contribution is 2.38. The Kier molecular flexibility index (Phi) is 4.51. The topological polar surface area (TPSA) is 102 Å². The molecule has 7 nitrogen and oxygen atoms in total. The zero-order chi connectivity index (χ0) is 13.7. The Morgan fingerprint density at radius 1 is 1.47 bits per heavy atom. The quantitative estimate of drug-likeness (QED) is 0.585. The third kappa shape index (κ3) is 4.36. The first-order chi connectivity index (χ1) is 9.19. The van der Waals surface area contributed by atoms with E-state index in [4.69, 9.17) is 10.5 Å². The molecule has 104 valence electrons. The lowest BCUT2D eigenvalue weighted by atomic mass is 10.3. The number of nitrogens with two attached hydrogens (primary N) is 1. The van der Waals surface area contributed by atoms with Gasteiger partial charge in [0.25, 0.3) is 0 Å². The van der Waals surface area contributed by atoms with E-state index in [1.54, 1.807) is 0 Å². The molecule has 1 aliphatic rings. The van der Waals surface area contributed by atoms with Gasteiger partial charge in [0.15, 0.2) is 0 Å². The zero-order valence-corrected chi connectivity index (χ0v) is 11.0. The number of nitrogens with one attached hydrogen (secondary N) is 2. The number of primary amides is 1. The Labute approximate surface area is 111 Å². The van der Waals surface area contributed by atoms with E-state index in [0.29, 0.717) is 19.1 Å². The van der Waals surface area contributed by atoms with Crippen molar-refractivity contribution in [3.8, 4) is 0 Å². The van der Waals surface area contributed by atoms with Crippen molar-refractivity contribution in [1.82, 2.24) is 9.97 Å². The average molecular weight is 265 g/mol. The van der Waals surface area contributed by atoms with Gasteiger partial charge in [-0.2, -0.15) is 0 Å². The van der Waals surface area contributed by atoms with E-state index >= 15 is 0 Å². The van der Waals surface area contributed by atoms with Gasteiger partial charge in [0.2, 0.25) is 5.91 Å². The van der Waals surface area contributed by atoms with Crippen LogP contribution < -0.4 is 16.4 Å². The molecule has 0 aromatic carbocycles. The summed E-state index contributed by atoms with van der Waals surface area (Å²) in [5, 5.41) is 6.17. The first-order valence-electron chi connectivity index (χ1n) is 6.35. The van der Waals surface area contributed by atoms with E-state index in [9.17, 15) is 4.79 Å². The van der Waals surface area contributed by atoms with E-state index < -0.39 is 5.91 Å². The number of hydrogen-bond donors (Lipinski definition) is 3. The van der Waals surface area contributed by atoms with Gasteiger partial charge >= 0.3 is 0 Å². The molecule has 19 heavy (non-hydrogen) atoms. The van der Waals surface area contributed by atoms with Crippen LogP contribution in [0.5, 0.6) is 0 Å². The molecule has 2 rings (SSSR count). The highest BCUT2D eigenvalue weighted by molar-refractivity contribution is 5.74. The van der Waals surface area contributed by atoms with Gasteiger partial charge in [-0.15, -0.1) is 0 Å². The molecule has 0 aliphatic heterocycles. The van der Waals surface area contributed by atoms with Crippen molar-refractivity contribution < 1.29 is 9.53 Å². The lowest BCUT2D eigenvalue weighted by Crippen LogP contribution is -2.20. The summed E-state index contributed by atoms with van der Waals surface area (Å²) in [7, 11) is 1.83. The van der Waals surface area contributed by atoms with Crippen molar-refractivity contribution >= 4 is 17.5 Å². The van der Waals surface area contributed by atoms with Gasteiger partial charge in [0, 0.05) is 25.6 Å². The second kappa shape index (κ2) is 6.33. The number of nitrogens with zero attached hydrogens (tertiary/aromatic N) is 2. The molecule has 7 heteroatoms. The number of anilines is 2.